The van der Waals surface area contributed by atoms with E-state index in [4.69, 9.17) is 8.22 Å². The SMILES string of the molecule is [2H]c1c([2H])c([2H])c(N(c2c(C)ccc3ccc(C)cc23)c2cc(C(C)C)c3ccc4c(N(c5c([2H])c([2H])c([2H])c([2H])c5[2H])c5c(C)ccc6ccc(C)cc56)cc(C(C)C)c5ccc2c3c54)c([2H])c1[2H]. The van der Waals surface area contributed by atoms with Crippen molar-refractivity contribution >= 4 is 88.0 Å². The van der Waals surface area contributed by atoms with Crippen LogP contribution in [-0.2, 0) is 0 Å². The van der Waals surface area contributed by atoms with Gasteiger partial charge in [0.05, 0.1) is 36.5 Å². The quantitative estimate of drug-likeness (QED) is 0.142. The first-order valence-corrected chi connectivity index (χ1v) is 20.8. The summed E-state index contributed by atoms with van der Waals surface area (Å²) >= 11 is 0. The summed E-state index contributed by atoms with van der Waals surface area (Å²) in [7, 11) is 0. The fourth-order valence-corrected chi connectivity index (χ4v) is 9.40. The van der Waals surface area contributed by atoms with Crippen LogP contribution in [0, 0.1) is 27.7 Å². The molecule has 0 aliphatic rings. The summed E-state index contributed by atoms with van der Waals surface area (Å²) in [5.74, 6) is -0.0662. The summed E-state index contributed by atoms with van der Waals surface area (Å²) in [5.41, 5.74) is 8.43. The molecule has 0 radical (unpaired) electrons. The number of hydrogen-bond donors (Lipinski definition) is 0. The zero-order chi connectivity index (χ0) is 50.1. The lowest BCUT2D eigenvalue weighted by molar-refractivity contribution is 0.875. The second-order valence-corrected chi connectivity index (χ2v) is 16.9. The second-order valence-electron chi connectivity index (χ2n) is 16.9. The van der Waals surface area contributed by atoms with E-state index < -0.39 is 36.3 Å². The van der Waals surface area contributed by atoms with E-state index in [1.54, 1.807) is 0 Å². The van der Waals surface area contributed by atoms with Gasteiger partial charge < -0.3 is 9.80 Å². The van der Waals surface area contributed by atoms with Crippen molar-refractivity contribution in [1.82, 2.24) is 0 Å². The molecule has 0 saturated carbocycles. The van der Waals surface area contributed by atoms with Crippen molar-refractivity contribution in [3.8, 4) is 0 Å². The molecule has 0 aromatic heterocycles. The molecule has 60 heavy (non-hydrogen) atoms. The molecule has 0 unspecified atom stereocenters. The van der Waals surface area contributed by atoms with Gasteiger partial charge in [0.1, 0.15) is 0 Å². The Morgan fingerprint density at radius 1 is 0.400 bits per heavy atom. The Morgan fingerprint density at radius 2 is 0.767 bits per heavy atom. The van der Waals surface area contributed by atoms with Gasteiger partial charge in [0, 0.05) is 32.9 Å². The summed E-state index contributed by atoms with van der Waals surface area (Å²) in [4.78, 5) is 3.78. The number of aryl methyl sites for hydroxylation is 4. The molecule has 0 aliphatic carbocycles. The lowest BCUT2D eigenvalue weighted by atomic mass is 9.83. The van der Waals surface area contributed by atoms with E-state index in [9.17, 15) is 5.48 Å². The third kappa shape index (κ3) is 6.00. The Balaban J connectivity index is 1.44. The monoisotopic (exact) mass is 786 g/mol. The smallest absolute Gasteiger partial charge is 0.0645 e. The first kappa shape index (κ1) is 27.9. The molecule has 0 amide bonds. The highest BCUT2D eigenvalue weighted by Gasteiger charge is 2.28. The predicted octanol–water partition coefficient (Wildman–Crippen LogP) is 17.3. The Hall–Kier alpha value is -6.64. The number of hydrogen-bond acceptors (Lipinski definition) is 2. The van der Waals surface area contributed by atoms with Crippen LogP contribution in [0.15, 0.2) is 157 Å². The lowest BCUT2D eigenvalue weighted by Crippen LogP contribution is -2.14. The van der Waals surface area contributed by atoms with Crippen LogP contribution in [0.3, 0.4) is 0 Å². The number of fused-ring (bicyclic) bond motifs is 2. The third-order valence-corrected chi connectivity index (χ3v) is 12.2. The fourth-order valence-electron chi connectivity index (χ4n) is 9.40. The second kappa shape index (κ2) is 14.6. The summed E-state index contributed by atoms with van der Waals surface area (Å²) in [6.07, 6.45) is 0. The molecule has 0 saturated heterocycles. The Morgan fingerprint density at radius 3 is 1.15 bits per heavy atom. The van der Waals surface area contributed by atoms with Crippen LogP contribution in [0.5, 0.6) is 0 Å². The summed E-state index contributed by atoms with van der Waals surface area (Å²) in [6, 6.07) is 29.1. The average molecular weight is 787 g/mol. The summed E-state index contributed by atoms with van der Waals surface area (Å²) in [6.45, 7) is 16.6. The highest BCUT2D eigenvalue weighted by molar-refractivity contribution is 6.30. The van der Waals surface area contributed by atoms with E-state index in [1.807, 2.05) is 86.0 Å². The van der Waals surface area contributed by atoms with E-state index in [0.717, 1.165) is 87.2 Å². The minimum absolute atomic E-state index is 0.0329. The highest BCUT2D eigenvalue weighted by atomic mass is 15.2. The number of anilines is 6. The maximum Gasteiger partial charge on any atom is 0.0645 e. The van der Waals surface area contributed by atoms with Crippen LogP contribution in [0.4, 0.5) is 34.1 Å². The maximum absolute atomic E-state index is 9.53. The standard InChI is InChI=1S/C58H52N2/c1-35(2)49-33-53(59(43-15-11-9-12-16-43)57-39(7)21-25-41-23-19-37(5)31-51(41)57)47-30-28-46-50(36(3)4)34-54(48-29-27-45(49)55(47)56(46)48)60(44-17-13-10-14-18-44)58-40(8)22-26-42-24-20-38(6)32-52(42)58/h9-36H,1-8H3/i9D,10D,11D,12D,13D,14D,15D,16D,17D,18D. The first-order valence-electron chi connectivity index (χ1n) is 25.8. The highest BCUT2D eigenvalue weighted by Crippen LogP contribution is 2.53. The van der Waals surface area contributed by atoms with Crippen molar-refractivity contribution in [3.63, 3.8) is 0 Å². The normalized spacial score (nSPS) is 14.3. The molecule has 0 aliphatic heterocycles. The number of para-hydroxylation sites is 2. The molecule has 2 heteroatoms. The zero-order valence-electron chi connectivity index (χ0n) is 45.3. The first-order chi connectivity index (χ1) is 33.2. The summed E-state index contributed by atoms with van der Waals surface area (Å²) in [5, 5.41) is 8.93. The van der Waals surface area contributed by atoms with Gasteiger partial charge in [-0.25, -0.2) is 0 Å². The minimum atomic E-state index is -0.476. The van der Waals surface area contributed by atoms with Crippen LogP contribution >= 0.6 is 0 Å². The van der Waals surface area contributed by atoms with Gasteiger partial charge >= 0.3 is 0 Å². The predicted molar refractivity (Wildman–Crippen MR) is 262 cm³/mol. The van der Waals surface area contributed by atoms with Gasteiger partial charge in [-0.15, -0.1) is 0 Å². The fraction of sp³-hybridized carbons (Fsp3) is 0.172. The van der Waals surface area contributed by atoms with Crippen molar-refractivity contribution in [2.75, 3.05) is 9.80 Å². The molecular weight excluding hydrogens is 725 g/mol. The Kier molecular flexibility index (Phi) is 6.79. The van der Waals surface area contributed by atoms with Gasteiger partial charge in [-0.05, 0) is 143 Å². The molecule has 10 aromatic carbocycles. The van der Waals surface area contributed by atoms with Gasteiger partial charge in [0.2, 0.25) is 0 Å². The van der Waals surface area contributed by atoms with Crippen LogP contribution in [-0.4, -0.2) is 0 Å². The van der Waals surface area contributed by atoms with Crippen molar-refractivity contribution in [2.24, 2.45) is 0 Å². The topological polar surface area (TPSA) is 6.48 Å². The van der Waals surface area contributed by atoms with Crippen molar-refractivity contribution in [2.45, 2.75) is 67.2 Å². The molecule has 0 heterocycles. The van der Waals surface area contributed by atoms with Crippen LogP contribution < -0.4 is 9.80 Å². The molecule has 10 aromatic rings. The van der Waals surface area contributed by atoms with Crippen molar-refractivity contribution in [1.29, 1.82) is 0 Å². The molecule has 0 spiro atoms. The number of nitrogens with zero attached hydrogens (tertiary/aromatic N) is 2. The van der Waals surface area contributed by atoms with Gasteiger partial charge in [0.15, 0.2) is 0 Å². The van der Waals surface area contributed by atoms with E-state index in [1.165, 1.54) is 0 Å². The largest absolute Gasteiger partial charge is 0.309 e. The van der Waals surface area contributed by atoms with Crippen molar-refractivity contribution < 1.29 is 13.7 Å². The van der Waals surface area contributed by atoms with Crippen LogP contribution in [0.25, 0.3) is 53.9 Å². The average Bonchev–Trinajstić information content (AvgIpc) is 3.33. The zero-order valence-corrected chi connectivity index (χ0v) is 35.3. The minimum Gasteiger partial charge on any atom is -0.309 e. The molecular formula is C58H52N2. The lowest BCUT2D eigenvalue weighted by Gasteiger charge is -2.33. The third-order valence-electron chi connectivity index (χ3n) is 12.2. The molecule has 2 nitrogen and oxygen atoms in total. The van der Waals surface area contributed by atoms with Gasteiger partial charge in [-0.2, -0.15) is 0 Å². The molecule has 0 N–H and O–H groups in total. The maximum atomic E-state index is 9.53. The van der Waals surface area contributed by atoms with E-state index in [-0.39, 0.29) is 47.4 Å². The molecule has 0 atom stereocenters. The molecule has 10 rings (SSSR count). The Bertz CT molecular complexity index is 3540. The molecule has 0 bridgehead atoms. The van der Waals surface area contributed by atoms with Gasteiger partial charge in [0.25, 0.3) is 0 Å². The number of rotatable bonds is 8. The van der Waals surface area contributed by atoms with E-state index >= 15 is 0 Å². The number of benzene rings is 10. The summed E-state index contributed by atoms with van der Waals surface area (Å²) < 4.78 is 91.3. The van der Waals surface area contributed by atoms with Crippen LogP contribution in [0.2, 0.25) is 0 Å². The van der Waals surface area contributed by atoms with Gasteiger partial charge in [-0.1, -0.05) is 148 Å². The van der Waals surface area contributed by atoms with Gasteiger partial charge in [-0.3, -0.25) is 0 Å². The van der Waals surface area contributed by atoms with Crippen LogP contribution in [0.1, 0.15) is 86.6 Å². The molecule has 0 fully saturated rings. The van der Waals surface area contributed by atoms with Crippen molar-refractivity contribution in [3.05, 3.63) is 191 Å². The Labute approximate surface area is 368 Å². The van der Waals surface area contributed by atoms with E-state index in [0.29, 0.717) is 22.7 Å². The van der Waals surface area contributed by atoms with E-state index in [2.05, 4.69) is 76.2 Å². The molecule has 294 valence electrons.